The smallest absolute Gasteiger partial charge is 0.371 e. The Morgan fingerprint density at radius 2 is 2.21 bits per heavy atom. The van der Waals surface area contributed by atoms with E-state index in [4.69, 9.17) is 9.52 Å². The molecule has 0 aliphatic heterocycles. The van der Waals surface area contributed by atoms with Crippen LogP contribution in [0, 0.1) is 0 Å². The molecule has 1 aromatic heterocycles. The summed E-state index contributed by atoms with van der Waals surface area (Å²) < 4.78 is 4.93. The van der Waals surface area contributed by atoms with Crippen LogP contribution in [0.1, 0.15) is 29.7 Å². The minimum Gasteiger partial charge on any atom is -0.475 e. The fourth-order valence-electron chi connectivity index (χ4n) is 0.899. The van der Waals surface area contributed by atoms with Crippen molar-refractivity contribution in [2.75, 3.05) is 0 Å². The number of furan rings is 1. The Hall–Kier alpha value is -1.78. The lowest BCUT2D eigenvalue weighted by Crippen LogP contribution is -2.20. The lowest BCUT2D eigenvalue weighted by Gasteiger charge is -1.99. The number of carbonyl (C=O) groups is 2. The van der Waals surface area contributed by atoms with Gasteiger partial charge in [-0.1, -0.05) is 6.92 Å². The standard InChI is InChI=1S/C9H11NO4/c1-2-8(11)10-5-6-3-4-7(14-6)9(12)13/h3-4H,2,5H2,1H3,(H,10,11)(H,12,13). The molecule has 1 heterocycles. The number of hydrogen-bond donors (Lipinski definition) is 2. The van der Waals surface area contributed by atoms with Gasteiger partial charge in [0.05, 0.1) is 6.54 Å². The van der Waals surface area contributed by atoms with Gasteiger partial charge in [0.2, 0.25) is 11.7 Å². The first-order valence-electron chi connectivity index (χ1n) is 4.22. The van der Waals surface area contributed by atoms with Crippen LogP contribution < -0.4 is 5.32 Å². The average Bonchev–Trinajstić information content (AvgIpc) is 2.62. The lowest BCUT2D eigenvalue weighted by molar-refractivity contribution is -0.121. The Labute approximate surface area is 80.7 Å². The Balaban J connectivity index is 2.52. The molecule has 0 atom stereocenters. The van der Waals surface area contributed by atoms with Crippen molar-refractivity contribution in [3.8, 4) is 0 Å². The topological polar surface area (TPSA) is 79.5 Å². The molecule has 0 aliphatic rings. The summed E-state index contributed by atoms with van der Waals surface area (Å²) in [4.78, 5) is 21.3. The van der Waals surface area contributed by atoms with E-state index in [1.54, 1.807) is 6.92 Å². The van der Waals surface area contributed by atoms with E-state index in [2.05, 4.69) is 5.32 Å². The second kappa shape index (κ2) is 4.45. The van der Waals surface area contributed by atoms with Crippen LogP contribution in [0.15, 0.2) is 16.5 Å². The van der Waals surface area contributed by atoms with E-state index < -0.39 is 5.97 Å². The second-order valence-electron chi connectivity index (χ2n) is 2.70. The molecule has 0 aliphatic carbocycles. The maximum absolute atomic E-state index is 10.9. The molecule has 0 unspecified atom stereocenters. The monoisotopic (exact) mass is 197 g/mol. The van der Waals surface area contributed by atoms with Crippen LogP contribution in [-0.2, 0) is 11.3 Å². The molecule has 0 aromatic carbocycles. The van der Waals surface area contributed by atoms with Gasteiger partial charge in [0.1, 0.15) is 5.76 Å². The molecule has 0 fully saturated rings. The summed E-state index contributed by atoms with van der Waals surface area (Å²) in [6.45, 7) is 1.96. The molecule has 5 heteroatoms. The van der Waals surface area contributed by atoms with Gasteiger partial charge < -0.3 is 14.8 Å². The maximum atomic E-state index is 10.9. The summed E-state index contributed by atoms with van der Waals surface area (Å²) in [6, 6.07) is 2.88. The Morgan fingerprint density at radius 3 is 2.71 bits per heavy atom. The van der Waals surface area contributed by atoms with Gasteiger partial charge >= 0.3 is 5.97 Å². The Morgan fingerprint density at radius 1 is 1.50 bits per heavy atom. The Kier molecular flexibility index (Phi) is 3.28. The minimum absolute atomic E-state index is 0.0988. The quantitative estimate of drug-likeness (QED) is 0.754. The number of hydrogen-bond acceptors (Lipinski definition) is 3. The van der Waals surface area contributed by atoms with Crippen LogP contribution >= 0.6 is 0 Å². The molecule has 0 saturated carbocycles. The zero-order valence-electron chi connectivity index (χ0n) is 7.74. The maximum Gasteiger partial charge on any atom is 0.371 e. The van der Waals surface area contributed by atoms with E-state index in [0.29, 0.717) is 12.2 Å². The van der Waals surface area contributed by atoms with Crippen molar-refractivity contribution >= 4 is 11.9 Å². The Bertz CT molecular complexity index is 342. The molecule has 2 N–H and O–H groups in total. The van der Waals surface area contributed by atoms with Crippen molar-refractivity contribution in [1.29, 1.82) is 0 Å². The highest BCUT2D eigenvalue weighted by atomic mass is 16.4. The van der Waals surface area contributed by atoms with Gasteiger partial charge in [0, 0.05) is 6.42 Å². The predicted octanol–water partition coefficient (Wildman–Crippen LogP) is 1.00. The molecule has 0 saturated heterocycles. The van der Waals surface area contributed by atoms with Crippen LogP contribution in [0.3, 0.4) is 0 Å². The van der Waals surface area contributed by atoms with E-state index in [9.17, 15) is 9.59 Å². The normalized spacial score (nSPS) is 9.79. The van der Waals surface area contributed by atoms with Gasteiger partial charge in [0.15, 0.2) is 0 Å². The van der Waals surface area contributed by atoms with E-state index in [1.165, 1.54) is 12.1 Å². The highest BCUT2D eigenvalue weighted by Gasteiger charge is 2.08. The molecule has 0 radical (unpaired) electrons. The van der Waals surface area contributed by atoms with Crippen molar-refractivity contribution in [1.82, 2.24) is 5.32 Å². The number of rotatable bonds is 4. The number of nitrogens with one attached hydrogen (secondary N) is 1. The lowest BCUT2D eigenvalue weighted by atomic mass is 10.4. The minimum atomic E-state index is -1.11. The largest absolute Gasteiger partial charge is 0.475 e. The first-order valence-corrected chi connectivity index (χ1v) is 4.22. The first kappa shape index (κ1) is 10.3. The summed E-state index contributed by atoms with van der Waals surface area (Å²) >= 11 is 0. The fourth-order valence-corrected chi connectivity index (χ4v) is 0.899. The van der Waals surface area contributed by atoms with Gasteiger partial charge in [-0.3, -0.25) is 4.79 Å². The number of carboxylic acid groups (broad SMARTS) is 1. The van der Waals surface area contributed by atoms with Crippen molar-refractivity contribution in [2.24, 2.45) is 0 Å². The number of carboxylic acids is 1. The summed E-state index contributed by atoms with van der Waals surface area (Å²) in [7, 11) is 0. The average molecular weight is 197 g/mol. The number of carbonyl (C=O) groups excluding carboxylic acids is 1. The third-order valence-corrected chi connectivity index (χ3v) is 1.65. The van der Waals surface area contributed by atoms with Crippen molar-refractivity contribution in [2.45, 2.75) is 19.9 Å². The van der Waals surface area contributed by atoms with Gasteiger partial charge in [-0.15, -0.1) is 0 Å². The fraction of sp³-hybridized carbons (Fsp3) is 0.333. The second-order valence-corrected chi connectivity index (χ2v) is 2.70. The van der Waals surface area contributed by atoms with Crippen LogP contribution in [0.2, 0.25) is 0 Å². The highest BCUT2D eigenvalue weighted by Crippen LogP contribution is 2.07. The molecule has 1 rings (SSSR count). The summed E-state index contributed by atoms with van der Waals surface area (Å²) in [5, 5.41) is 11.1. The molecule has 1 aromatic rings. The third-order valence-electron chi connectivity index (χ3n) is 1.65. The molecule has 76 valence electrons. The van der Waals surface area contributed by atoms with E-state index in [1.807, 2.05) is 0 Å². The third kappa shape index (κ3) is 2.62. The van der Waals surface area contributed by atoms with E-state index >= 15 is 0 Å². The SMILES string of the molecule is CCC(=O)NCc1ccc(C(=O)O)o1. The van der Waals surface area contributed by atoms with Crippen LogP contribution in [0.5, 0.6) is 0 Å². The van der Waals surface area contributed by atoms with Gasteiger partial charge in [-0.2, -0.15) is 0 Å². The van der Waals surface area contributed by atoms with E-state index in [-0.39, 0.29) is 18.2 Å². The molecule has 0 spiro atoms. The summed E-state index contributed by atoms with van der Waals surface area (Å²) in [5.41, 5.74) is 0. The summed E-state index contributed by atoms with van der Waals surface area (Å²) in [5.74, 6) is -0.897. The molecule has 5 nitrogen and oxygen atoms in total. The van der Waals surface area contributed by atoms with Gasteiger partial charge in [0.25, 0.3) is 0 Å². The zero-order valence-corrected chi connectivity index (χ0v) is 7.74. The summed E-state index contributed by atoms with van der Waals surface area (Å²) in [6.07, 6.45) is 0.395. The first-order chi connectivity index (χ1) is 6.63. The van der Waals surface area contributed by atoms with Crippen molar-refractivity contribution < 1.29 is 19.1 Å². The van der Waals surface area contributed by atoms with Crippen molar-refractivity contribution in [3.05, 3.63) is 23.7 Å². The zero-order chi connectivity index (χ0) is 10.6. The highest BCUT2D eigenvalue weighted by molar-refractivity contribution is 5.84. The molecule has 1 amide bonds. The molecule has 0 bridgehead atoms. The van der Waals surface area contributed by atoms with Crippen molar-refractivity contribution in [3.63, 3.8) is 0 Å². The van der Waals surface area contributed by atoms with Crippen LogP contribution in [0.4, 0.5) is 0 Å². The van der Waals surface area contributed by atoms with Gasteiger partial charge in [-0.05, 0) is 12.1 Å². The molecular formula is C9H11NO4. The number of amides is 1. The molecular weight excluding hydrogens is 186 g/mol. The number of aromatic carboxylic acids is 1. The molecule has 14 heavy (non-hydrogen) atoms. The van der Waals surface area contributed by atoms with Crippen LogP contribution in [0.25, 0.3) is 0 Å². The van der Waals surface area contributed by atoms with E-state index in [0.717, 1.165) is 0 Å². The predicted molar refractivity (Wildman–Crippen MR) is 47.8 cm³/mol. The van der Waals surface area contributed by atoms with Gasteiger partial charge in [-0.25, -0.2) is 4.79 Å². The van der Waals surface area contributed by atoms with Crippen LogP contribution in [-0.4, -0.2) is 17.0 Å².